The van der Waals surface area contributed by atoms with Crippen LogP contribution in [-0.4, -0.2) is 28.2 Å². The molecular weight excluding hydrogens is 262 g/mol. The second-order valence-corrected chi connectivity index (χ2v) is 6.82. The standard InChI is InChI=1S/C14H21NO3S/c1-12-2-4-14(5-3-12)19(16,17)15-9-6-13-7-10-18-11-8-13/h2-5,13,15H,6-11H2,1H3. The summed E-state index contributed by atoms with van der Waals surface area (Å²) in [6.07, 6.45) is 2.95. The molecule has 0 amide bonds. The van der Waals surface area contributed by atoms with Gasteiger partial charge in [0.05, 0.1) is 4.90 Å². The highest BCUT2D eigenvalue weighted by atomic mass is 32.2. The maximum atomic E-state index is 12.0. The van der Waals surface area contributed by atoms with Gasteiger partial charge in [-0.2, -0.15) is 0 Å². The molecule has 0 spiro atoms. The van der Waals surface area contributed by atoms with Gasteiger partial charge in [-0.25, -0.2) is 13.1 Å². The van der Waals surface area contributed by atoms with E-state index < -0.39 is 10.0 Å². The molecule has 1 aliphatic heterocycles. The van der Waals surface area contributed by atoms with Crippen molar-refractivity contribution in [2.75, 3.05) is 19.8 Å². The molecule has 4 nitrogen and oxygen atoms in total. The van der Waals surface area contributed by atoms with Gasteiger partial charge in [0.2, 0.25) is 10.0 Å². The van der Waals surface area contributed by atoms with E-state index in [4.69, 9.17) is 4.74 Å². The molecule has 0 saturated carbocycles. The molecule has 1 heterocycles. The summed E-state index contributed by atoms with van der Waals surface area (Å²) in [5.41, 5.74) is 1.06. The number of nitrogens with one attached hydrogen (secondary N) is 1. The number of sulfonamides is 1. The summed E-state index contributed by atoms with van der Waals surface area (Å²) in [5.74, 6) is 0.578. The highest BCUT2D eigenvalue weighted by molar-refractivity contribution is 7.89. The SMILES string of the molecule is Cc1ccc(S(=O)(=O)NCCC2CCOCC2)cc1. The predicted octanol–water partition coefficient (Wildman–Crippen LogP) is 2.09. The molecule has 0 atom stereocenters. The smallest absolute Gasteiger partial charge is 0.240 e. The molecule has 1 fully saturated rings. The zero-order chi connectivity index (χ0) is 13.7. The first kappa shape index (κ1) is 14.5. The first-order valence-corrected chi connectivity index (χ1v) is 8.20. The van der Waals surface area contributed by atoms with E-state index in [-0.39, 0.29) is 0 Å². The third-order valence-electron chi connectivity index (χ3n) is 3.52. The molecule has 0 aliphatic carbocycles. The van der Waals surface area contributed by atoms with Crippen LogP contribution in [0.15, 0.2) is 29.2 Å². The van der Waals surface area contributed by atoms with Gasteiger partial charge in [-0.3, -0.25) is 0 Å². The average molecular weight is 283 g/mol. The number of ether oxygens (including phenoxy) is 1. The maximum Gasteiger partial charge on any atom is 0.240 e. The van der Waals surface area contributed by atoms with Crippen LogP contribution in [0, 0.1) is 12.8 Å². The van der Waals surface area contributed by atoms with Crippen molar-refractivity contribution >= 4 is 10.0 Å². The molecule has 2 rings (SSSR count). The lowest BCUT2D eigenvalue weighted by molar-refractivity contribution is 0.0644. The van der Waals surface area contributed by atoms with E-state index in [1.807, 2.05) is 19.1 Å². The molecule has 1 aliphatic rings. The minimum absolute atomic E-state index is 0.338. The van der Waals surface area contributed by atoms with Gasteiger partial charge in [-0.15, -0.1) is 0 Å². The number of hydrogen-bond acceptors (Lipinski definition) is 3. The van der Waals surface area contributed by atoms with Crippen LogP contribution in [-0.2, 0) is 14.8 Å². The molecule has 1 N–H and O–H groups in total. The number of benzene rings is 1. The number of aryl methyl sites for hydroxylation is 1. The van der Waals surface area contributed by atoms with E-state index in [0.29, 0.717) is 17.4 Å². The van der Waals surface area contributed by atoms with Gasteiger partial charge >= 0.3 is 0 Å². The summed E-state index contributed by atoms with van der Waals surface area (Å²) in [7, 11) is -3.36. The minimum atomic E-state index is -3.36. The third kappa shape index (κ3) is 4.30. The Morgan fingerprint density at radius 2 is 1.84 bits per heavy atom. The highest BCUT2D eigenvalue weighted by Crippen LogP contribution is 2.18. The summed E-state index contributed by atoms with van der Waals surface area (Å²) >= 11 is 0. The molecule has 0 radical (unpaired) electrons. The van der Waals surface area contributed by atoms with E-state index in [1.165, 1.54) is 0 Å². The normalized spacial score (nSPS) is 17.5. The van der Waals surface area contributed by atoms with Crippen LogP contribution in [0.5, 0.6) is 0 Å². The predicted molar refractivity (Wildman–Crippen MR) is 74.5 cm³/mol. The summed E-state index contributed by atoms with van der Waals surface area (Å²) in [6, 6.07) is 6.91. The molecule has 0 bridgehead atoms. The maximum absolute atomic E-state index is 12.0. The summed E-state index contributed by atoms with van der Waals surface area (Å²) in [4.78, 5) is 0.338. The fourth-order valence-electron chi connectivity index (χ4n) is 2.23. The molecule has 19 heavy (non-hydrogen) atoms. The van der Waals surface area contributed by atoms with Crippen molar-refractivity contribution in [1.29, 1.82) is 0 Å². The first-order valence-electron chi connectivity index (χ1n) is 6.72. The van der Waals surface area contributed by atoms with Gasteiger partial charge in [-0.1, -0.05) is 17.7 Å². The molecule has 1 saturated heterocycles. The first-order chi connectivity index (χ1) is 9.08. The van der Waals surface area contributed by atoms with E-state index in [0.717, 1.165) is 38.0 Å². The lowest BCUT2D eigenvalue weighted by atomic mass is 9.97. The van der Waals surface area contributed by atoms with Crippen LogP contribution >= 0.6 is 0 Å². The molecule has 106 valence electrons. The zero-order valence-electron chi connectivity index (χ0n) is 11.3. The lowest BCUT2D eigenvalue weighted by Gasteiger charge is -2.21. The Morgan fingerprint density at radius 3 is 2.47 bits per heavy atom. The monoisotopic (exact) mass is 283 g/mol. The van der Waals surface area contributed by atoms with Gasteiger partial charge in [-0.05, 0) is 44.2 Å². The van der Waals surface area contributed by atoms with Crippen molar-refractivity contribution < 1.29 is 13.2 Å². The fourth-order valence-corrected chi connectivity index (χ4v) is 3.28. The van der Waals surface area contributed by atoms with Crippen LogP contribution in [0.3, 0.4) is 0 Å². The van der Waals surface area contributed by atoms with Crippen LogP contribution < -0.4 is 4.72 Å². The van der Waals surface area contributed by atoms with Crippen molar-refractivity contribution in [3.8, 4) is 0 Å². The number of rotatable bonds is 5. The molecule has 0 aromatic heterocycles. The third-order valence-corrected chi connectivity index (χ3v) is 4.99. The minimum Gasteiger partial charge on any atom is -0.381 e. The number of hydrogen-bond donors (Lipinski definition) is 1. The summed E-state index contributed by atoms with van der Waals surface area (Å²) in [5, 5.41) is 0. The molecule has 1 aromatic carbocycles. The fraction of sp³-hybridized carbons (Fsp3) is 0.571. The summed E-state index contributed by atoms with van der Waals surface area (Å²) < 4.78 is 32.1. The van der Waals surface area contributed by atoms with Crippen LogP contribution in [0.2, 0.25) is 0 Å². The molecule has 0 unspecified atom stereocenters. The van der Waals surface area contributed by atoms with Crippen molar-refractivity contribution in [3.63, 3.8) is 0 Å². The van der Waals surface area contributed by atoms with Gasteiger partial charge in [0.15, 0.2) is 0 Å². The second kappa shape index (κ2) is 6.50. The molecular formula is C14H21NO3S. The van der Waals surface area contributed by atoms with Gasteiger partial charge in [0, 0.05) is 19.8 Å². The Morgan fingerprint density at radius 1 is 1.21 bits per heavy atom. The van der Waals surface area contributed by atoms with Crippen molar-refractivity contribution in [1.82, 2.24) is 4.72 Å². The Hall–Kier alpha value is -0.910. The Bertz CT molecular complexity index is 490. The van der Waals surface area contributed by atoms with Gasteiger partial charge in [0.25, 0.3) is 0 Å². The lowest BCUT2D eigenvalue weighted by Crippen LogP contribution is -2.27. The Kier molecular flexibility index (Phi) is 4.96. The van der Waals surface area contributed by atoms with Gasteiger partial charge in [0.1, 0.15) is 0 Å². The zero-order valence-corrected chi connectivity index (χ0v) is 12.1. The van der Waals surface area contributed by atoms with Crippen molar-refractivity contribution in [3.05, 3.63) is 29.8 Å². The quantitative estimate of drug-likeness (QED) is 0.900. The molecule has 5 heteroatoms. The van der Waals surface area contributed by atoms with E-state index in [2.05, 4.69) is 4.72 Å². The largest absolute Gasteiger partial charge is 0.381 e. The van der Waals surface area contributed by atoms with Crippen molar-refractivity contribution in [2.45, 2.75) is 31.1 Å². The Labute approximate surface area is 115 Å². The summed E-state index contributed by atoms with van der Waals surface area (Å²) in [6.45, 7) is 4.04. The Balaban J connectivity index is 1.85. The van der Waals surface area contributed by atoms with E-state index >= 15 is 0 Å². The highest BCUT2D eigenvalue weighted by Gasteiger charge is 2.16. The van der Waals surface area contributed by atoms with Gasteiger partial charge < -0.3 is 4.74 Å². The van der Waals surface area contributed by atoms with Crippen LogP contribution in [0.25, 0.3) is 0 Å². The van der Waals surface area contributed by atoms with Crippen LogP contribution in [0.4, 0.5) is 0 Å². The molecule has 1 aromatic rings. The van der Waals surface area contributed by atoms with Crippen molar-refractivity contribution in [2.24, 2.45) is 5.92 Å². The van der Waals surface area contributed by atoms with E-state index in [9.17, 15) is 8.42 Å². The average Bonchev–Trinajstić information content (AvgIpc) is 2.40. The topological polar surface area (TPSA) is 55.4 Å². The van der Waals surface area contributed by atoms with E-state index in [1.54, 1.807) is 12.1 Å². The second-order valence-electron chi connectivity index (χ2n) is 5.06. The van der Waals surface area contributed by atoms with Crippen LogP contribution in [0.1, 0.15) is 24.8 Å².